The topological polar surface area (TPSA) is 114 Å². The molecule has 2 N–H and O–H groups in total. The summed E-state index contributed by atoms with van der Waals surface area (Å²) in [6.45, 7) is 0. The second-order valence-electron chi connectivity index (χ2n) is 7.23. The molecule has 3 aromatic carbocycles. The van der Waals surface area contributed by atoms with E-state index in [2.05, 4.69) is 15.2 Å². The molecule has 4 rings (SSSR count). The molecular formula is C22H19ClN4O4S. The summed E-state index contributed by atoms with van der Waals surface area (Å²) in [6, 6.07) is 17.6. The van der Waals surface area contributed by atoms with Crippen molar-refractivity contribution in [1.82, 2.24) is 0 Å². The Kier molecular flexibility index (Phi) is 6.11. The molecule has 32 heavy (non-hydrogen) atoms. The highest BCUT2D eigenvalue weighted by Crippen LogP contribution is 2.29. The van der Waals surface area contributed by atoms with Gasteiger partial charge in [0.1, 0.15) is 4.90 Å². The van der Waals surface area contributed by atoms with Gasteiger partial charge in [0.15, 0.2) is 0 Å². The van der Waals surface area contributed by atoms with Gasteiger partial charge in [-0.1, -0.05) is 35.9 Å². The normalized spacial score (nSPS) is 14.6. The Bertz CT molecular complexity index is 1310. The Morgan fingerprint density at radius 3 is 2.50 bits per heavy atom. The molecule has 0 atom stereocenters. The fourth-order valence-corrected chi connectivity index (χ4v) is 4.87. The molecule has 0 spiro atoms. The summed E-state index contributed by atoms with van der Waals surface area (Å²) >= 11 is 5.85. The maximum Gasteiger partial charge on any atom is 0.270 e. The Labute approximate surface area is 190 Å². The minimum Gasteiger partial charge on any atom is -0.280 e. The van der Waals surface area contributed by atoms with Crippen LogP contribution in [0.5, 0.6) is 0 Å². The Balaban J connectivity index is 1.70. The van der Waals surface area contributed by atoms with Gasteiger partial charge in [0, 0.05) is 28.4 Å². The maximum atomic E-state index is 13.1. The lowest BCUT2D eigenvalue weighted by atomic mass is 9.90. The zero-order valence-electron chi connectivity index (χ0n) is 16.8. The van der Waals surface area contributed by atoms with E-state index in [-0.39, 0.29) is 22.0 Å². The lowest BCUT2D eigenvalue weighted by molar-refractivity contribution is -0.385. The van der Waals surface area contributed by atoms with E-state index in [1.165, 1.54) is 29.8 Å². The van der Waals surface area contributed by atoms with Crippen LogP contribution in [-0.2, 0) is 16.4 Å². The molecule has 1 aliphatic rings. The van der Waals surface area contributed by atoms with E-state index in [1.54, 1.807) is 12.1 Å². The van der Waals surface area contributed by atoms with Crippen molar-refractivity contribution in [2.45, 2.75) is 24.2 Å². The monoisotopic (exact) mass is 470 g/mol. The van der Waals surface area contributed by atoms with Crippen LogP contribution in [0.3, 0.4) is 0 Å². The molecule has 10 heteroatoms. The number of sulfonamides is 1. The first kappa shape index (κ1) is 21.8. The van der Waals surface area contributed by atoms with Crippen molar-refractivity contribution < 1.29 is 13.3 Å². The molecule has 164 valence electrons. The van der Waals surface area contributed by atoms with Gasteiger partial charge in [0.2, 0.25) is 0 Å². The summed E-state index contributed by atoms with van der Waals surface area (Å²) in [7, 11) is -4.16. The van der Waals surface area contributed by atoms with Gasteiger partial charge in [-0.25, -0.2) is 8.42 Å². The lowest BCUT2D eigenvalue weighted by Crippen LogP contribution is -2.16. The SMILES string of the molecule is O=[N+]([O-])c1ccc(NN=C2CCCc3ccccc32)c(S(=O)(=O)Nc2ccc(Cl)cc2)c1. The molecule has 8 nitrogen and oxygen atoms in total. The zero-order valence-corrected chi connectivity index (χ0v) is 18.4. The quantitative estimate of drug-likeness (QED) is 0.379. The number of rotatable bonds is 6. The third-order valence-electron chi connectivity index (χ3n) is 5.06. The zero-order chi connectivity index (χ0) is 22.7. The molecule has 0 saturated carbocycles. The van der Waals surface area contributed by atoms with Crippen molar-refractivity contribution in [2.24, 2.45) is 5.10 Å². The number of nitro groups is 1. The van der Waals surface area contributed by atoms with Gasteiger partial charge in [0.25, 0.3) is 15.7 Å². The smallest absolute Gasteiger partial charge is 0.270 e. The van der Waals surface area contributed by atoms with Crippen LogP contribution in [0.15, 0.2) is 76.7 Å². The predicted molar refractivity (Wildman–Crippen MR) is 125 cm³/mol. The Morgan fingerprint density at radius 1 is 1.00 bits per heavy atom. The summed E-state index contributed by atoms with van der Waals surface area (Å²) in [4.78, 5) is 10.3. The first-order valence-electron chi connectivity index (χ1n) is 9.81. The molecule has 0 aromatic heterocycles. The predicted octanol–water partition coefficient (Wildman–Crippen LogP) is 5.20. The fraction of sp³-hybridized carbons (Fsp3) is 0.136. The highest BCUT2D eigenvalue weighted by Gasteiger charge is 2.23. The van der Waals surface area contributed by atoms with Crippen LogP contribution in [0, 0.1) is 10.1 Å². The van der Waals surface area contributed by atoms with E-state index in [0.717, 1.165) is 36.6 Å². The van der Waals surface area contributed by atoms with Gasteiger partial charge in [0.05, 0.1) is 16.3 Å². The van der Waals surface area contributed by atoms with Crippen molar-refractivity contribution in [3.63, 3.8) is 0 Å². The summed E-state index contributed by atoms with van der Waals surface area (Å²) < 4.78 is 28.6. The number of benzene rings is 3. The van der Waals surface area contributed by atoms with Crippen LogP contribution < -0.4 is 10.1 Å². The second-order valence-corrected chi connectivity index (χ2v) is 9.32. The molecule has 0 saturated heterocycles. The van der Waals surface area contributed by atoms with Crippen molar-refractivity contribution in [2.75, 3.05) is 10.1 Å². The number of hydrogen-bond donors (Lipinski definition) is 2. The maximum absolute atomic E-state index is 13.1. The van der Waals surface area contributed by atoms with Gasteiger partial charge in [-0.3, -0.25) is 20.3 Å². The minimum atomic E-state index is -4.16. The third-order valence-corrected chi connectivity index (χ3v) is 6.73. The van der Waals surface area contributed by atoms with Crippen molar-refractivity contribution in [3.05, 3.63) is 93.0 Å². The van der Waals surface area contributed by atoms with E-state index in [1.807, 2.05) is 24.3 Å². The number of nitrogens with zero attached hydrogens (tertiary/aromatic N) is 2. The number of anilines is 2. The van der Waals surface area contributed by atoms with Crippen LogP contribution in [0.25, 0.3) is 0 Å². The van der Waals surface area contributed by atoms with Crippen LogP contribution in [0.4, 0.5) is 17.1 Å². The molecule has 0 aliphatic heterocycles. The van der Waals surface area contributed by atoms with E-state index in [9.17, 15) is 18.5 Å². The van der Waals surface area contributed by atoms with Gasteiger partial charge >= 0.3 is 0 Å². The van der Waals surface area contributed by atoms with E-state index in [0.29, 0.717) is 5.02 Å². The first-order valence-corrected chi connectivity index (χ1v) is 11.7. The number of halogens is 1. The summed E-state index contributed by atoms with van der Waals surface area (Å²) in [5.41, 5.74) is 5.88. The molecule has 0 unspecified atom stereocenters. The fourth-order valence-electron chi connectivity index (χ4n) is 3.51. The first-order chi connectivity index (χ1) is 15.3. The number of non-ortho nitro benzene ring substituents is 1. The number of fused-ring (bicyclic) bond motifs is 1. The number of hydrogen-bond acceptors (Lipinski definition) is 6. The highest BCUT2D eigenvalue weighted by molar-refractivity contribution is 7.92. The lowest BCUT2D eigenvalue weighted by Gasteiger charge is -2.18. The van der Waals surface area contributed by atoms with Crippen LogP contribution in [0.1, 0.15) is 24.0 Å². The van der Waals surface area contributed by atoms with Crippen LogP contribution in [-0.4, -0.2) is 19.1 Å². The number of nitro benzene ring substituents is 1. The summed E-state index contributed by atoms with van der Waals surface area (Å²) in [5.74, 6) is 0. The average Bonchev–Trinajstić information content (AvgIpc) is 2.79. The third kappa shape index (κ3) is 4.74. The summed E-state index contributed by atoms with van der Waals surface area (Å²) in [6.07, 6.45) is 2.63. The molecule has 0 amide bonds. The van der Waals surface area contributed by atoms with Gasteiger partial charge in [-0.05, 0) is 55.2 Å². The Hall–Kier alpha value is -3.43. The molecule has 1 aliphatic carbocycles. The van der Waals surface area contributed by atoms with E-state index < -0.39 is 14.9 Å². The number of aryl methyl sites for hydroxylation is 1. The van der Waals surface area contributed by atoms with Crippen molar-refractivity contribution in [3.8, 4) is 0 Å². The average molecular weight is 471 g/mol. The molecule has 0 heterocycles. The van der Waals surface area contributed by atoms with Crippen LogP contribution in [0.2, 0.25) is 5.02 Å². The second kappa shape index (κ2) is 8.97. The largest absolute Gasteiger partial charge is 0.280 e. The summed E-state index contributed by atoms with van der Waals surface area (Å²) in [5, 5.41) is 16.2. The number of hydrazone groups is 1. The van der Waals surface area contributed by atoms with Gasteiger partial charge in [-0.15, -0.1) is 0 Å². The van der Waals surface area contributed by atoms with E-state index >= 15 is 0 Å². The van der Waals surface area contributed by atoms with Gasteiger partial charge in [-0.2, -0.15) is 5.10 Å². The number of nitrogens with one attached hydrogen (secondary N) is 2. The molecule has 0 bridgehead atoms. The molecule has 0 radical (unpaired) electrons. The highest BCUT2D eigenvalue weighted by atomic mass is 35.5. The standard InChI is InChI=1S/C22H19ClN4O4S/c23-16-8-10-17(11-9-16)26-32(30,31)22-14-18(27(28)29)12-13-21(22)25-24-20-7-3-5-15-4-1-2-6-19(15)20/h1-2,4,6,8-14,25-26H,3,5,7H2. The molecule has 3 aromatic rings. The molecule has 0 fully saturated rings. The van der Waals surface area contributed by atoms with Gasteiger partial charge < -0.3 is 0 Å². The van der Waals surface area contributed by atoms with Crippen molar-refractivity contribution in [1.29, 1.82) is 0 Å². The van der Waals surface area contributed by atoms with Crippen LogP contribution >= 0.6 is 11.6 Å². The Morgan fingerprint density at radius 2 is 1.75 bits per heavy atom. The minimum absolute atomic E-state index is 0.132. The van der Waals surface area contributed by atoms with Crippen molar-refractivity contribution >= 4 is 44.4 Å². The van der Waals surface area contributed by atoms with E-state index in [4.69, 9.17) is 11.6 Å². The molecular weight excluding hydrogens is 452 g/mol.